The van der Waals surface area contributed by atoms with E-state index in [1.54, 1.807) is 0 Å². The van der Waals surface area contributed by atoms with E-state index < -0.39 is 18.9 Å². The Morgan fingerprint density at radius 1 is 0.852 bits per heavy atom. The molecule has 0 aromatic heterocycles. The van der Waals surface area contributed by atoms with Gasteiger partial charge in [-0.05, 0) is 35.4 Å². The van der Waals surface area contributed by atoms with Crippen molar-refractivity contribution in [1.82, 2.24) is 0 Å². The number of hydrogen-bond donors (Lipinski definition) is 2. The summed E-state index contributed by atoms with van der Waals surface area (Å²) in [4.78, 5) is 0. The first-order chi connectivity index (χ1) is 12.9. The van der Waals surface area contributed by atoms with Gasteiger partial charge < -0.3 is 19.7 Å². The van der Waals surface area contributed by atoms with E-state index in [2.05, 4.69) is 13.8 Å². The van der Waals surface area contributed by atoms with Gasteiger partial charge in [0, 0.05) is 5.41 Å². The number of rotatable bonds is 10. The first-order valence-corrected chi connectivity index (χ1v) is 9.35. The lowest BCUT2D eigenvalue weighted by Crippen LogP contribution is -2.20. The third-order valence-corrected chi connectivity index (χ3v) is 4.75. The highest BCUT2D eigenvalue weighted by molar-refractivity contribution is 6.18. The van der Waals surface area contributed by atoms with E-state index in [1.807, 2.05) is 48.5 Å². The topological polar surface area (TPSA) is 58.9 Å². The van der Waals surface area contributed by atoms with E-state index in [-0.39, 0.29) is 24.5 Å². The van der Waals surface area contributed by atoms with Crippen LogP contribution in [0.5, 0.6) is 11.5 Å². The van der Waals surface area contributed by atoms with Gasteiger partial charge in [-0.3, -0.25) is 0 Å². The van der Waals surface area contributed by atoms with Gasteiger partial charge in [-0.1, -0.05) is 38.1 Å². The van der Waals surface area contributed by atoms with Crippen molar-refractivity contribution in [3.63, 3.8) is 0 Å². The van der Waals surface area contributed by atoms with Crippen LogP contribution in [0.25, 0.3) is 0 Å². The van der Waals surface area contributed by atoms with Gasteiger partial charge in [-0.2, -0.15) is 0 Å². The Bertz CT molecular complexity index is 629. The van der Waals surface area contributed by atoms with E-state index >= 15 is 0 Å². The van der Waals surface area contributed by atoms with Crippen LogP contribution in [0.3, 0.4) is 0 Å². The van der Waals surface area contributed by atoms with Crippen LogP contribution < -0.4 is 9.47 Å². The molecule has 0 saturated carbocycles. The summed E-state index contributed by atoms with van der Waals surface area (Å²) in [6.07, 6.45) is -1.79. The van der Waals surface area contributed by atoms with Crippen molar-refractivity contribution >= 4 is 11.6 Å². The molecule has 4 nitrogen and oxygen atoms in total. The fourth-order valence-electron chi connectivity index (χ4n) is 2.58. The van der Waals surface area contributed by atoms with Gasteiger partial charge in [0.15, 0.2) is 0 Å². The molecule has 148 valence electrons. The van der Waals surface area contributed by atoms with Crippen molar-refractivity contribution < 1.29 is 24.1 Å². The van der Waals surface area contributed by atoms with E-state index in [9.17, 15) is 14.6 Å². The van der Waals surface area contributed by atoms with Crippen LogP contribution in [0.1, 0.15) is 25.0 Å². The van der Waals surface area contributed by atoms with Gasteiger partial charge in [0.25, 0.3) is 0 Å². The van der Waals surface area contributed by atoms with Gasteiger partial charge in [-0.15, -0.1) is 11.6 Å². The predicted molar refractivity (Wildman–Crippen MR) is 105 cm³/mol. The van der Waals surface area contributed by atoms with Gasteiger partial charge in [-0.25, -0.2) is 4.39 Å². The van der Waals surface area contributed by atoms with Crippen LogP contribution in [-0.4, -0.2) is 48.2 Å². The maximum Gasteiger partial charge on any atom is 0.119 e. The summed E-state index contributed by atoms with van der Waals surface area (Å²) in [6, 6.07) is 15.3. The van der Waals surface area contributed by atoms with Crippen LogP contribution in [0, 0.1) is 0 Å². The van der Waals surface area contributed by atoms with Gasteiger partial charge in [0.2, 0.25) is 0 Å². The molecule has 0 spiro atoms. The summed E-state index contributed by atoms with van der Waals surface area (Å²) >= 11 is 5.56. The van der Waals surface area contributed by atoms with Crippen molar-refractivity contribution in [2.45, 2.75) is 31.5 Å². The van der Waals surface area contributed by atoms with Crippen LogP contribution in [0.15, 0.2) is 48.5 Å². The van der Waals surface area contributed by atoms with Crippen molar-refractivity contribution in [2.75, 3.05) is 25.8 Å². The molecule has 0 aliphatic heterocycles. The van der Waals surface area contributed by atoms with Crippen molar-refractivity contribution in [3.05, 3.63) is 59.7 Å². The molecule has 2 N–H and O–H groups in total. The SMILES string of the molecule is CC(C)(c1ccc(OCC(O)CF)cc1)c1ccc(OCC(O)CCl)cc1. The van der Waals surface area contributed by atoms with Crippen molar-refractivity contribution in [3.8, 4) is 11.5 Å². The highest BCUT2D eigenvalue weighted by Crippen LogP contribution is 2.33. The number of benzene rings is 2. The third-order valence-electron chi connectivity index (χ3n) is 4.39. The second-order valence-electron chi connectivity index (χ2n) is 6.91. The first-order valence-electron chi connectivity index (χ1n) is 8.81. The molecule has 0 bridgehead atoms. The van der Waals surface area contributed by atoms with E-state index in [0.717, 1.165) is 11.1 Å². The maximum absolute atomic E-state index is 12.3. The minimum atomic E-state index is -1.10. The third kappa shape index (κ3) is 6.09. The molecular weight excluding hydrogens is 371 g/mol. The number of halogens is 2. The summed E-state index contributed by atoms with van der Waals surface area (Å²) in [5.74, 6) is 1.40. The Kier molecular flexibility index (Phi) is 7.90. The Morgan fingerprint density at radius 2 is 1.26 bits per heavy atom. The van der Waals surface area contributed by atoms with Crippen molar-refractivity contribution in [2.24, 2.45) is 0 Å². The fraction of sp³-hybridized carbons (Fsp3) is 0.429. The Labute approximate surface area is 164 Å². The lowest BCUT2D eigenvalue weighted by atomic mass is 9.78. The number of alkyl halides is 2. The second-order valence-corrected chi connectivity index (χ2v) is 7.22. The number of aliphatic hydroxyl groups is 2. The molecular formula is C21H26ClFO4. The fourth-order valence-corrected chi connectivity index (χ4v) is 2.67. The summed E-state index contributed by atoms with van der Waals surface area (Å²) in [5, 5.41) is 18.7. The molecule has 0 aliphatic rings. The standard InChI is InChI=1S/C21H26ClFO4/c1-21(2,15-3-7-19(8-4-15)26-13-17(24)11-22)16-5-9-20(10-6-16)27-14-18(25)12-23/h3-10,17-18,24-25H,11-14H2,1-2H3. The average Bonchev–Trinajstić information content (AvgIpc) is 2.70. The Morgan fingerprint density at radius 3 is 1.63 bits per heavy atom. The smallest absolute Gasteiger partial charge is 0.119 e. The molecule has 0 amide bonds. The zero-order valence-corrected chi connectivity index (χ0v) is 16.3. The molecule has 2 rings (SSSR count). The highest BCUT2D eigenvalue weighted by Gasteiger charge is 2.23. The minimum absolute atomic E-state index is 0.0703. The Hall–Kier alpha value is -1.82. The van der Waals surface area contributed by atoms with Gasteiger partial charge in [0.05, 0.1) is 5.88 Å². The molecule has 0 aliphatic carbocycles. The summed E-state index contributed by atoms with van der Waals surface area (Å²) in [6.45, 7) is 3.49. The molecule has 0 radical (unpaired) electrons. The van der Waals surface area contributed by atoms with Crippen molar-refractivity contribution in [1.29, 1.82) is 0 Å². The lowest BCUT2D eigenvalue weighted by Gasteiger charge is -2.26. The quantitative estimate of drug-likeness (QED) is 0.601. The molecule has 0 heterocycles. The number of ether oxygens (including phenoxy) is 2. The largest absolute Gasteiger partial charge is 0.491 e. The predicted octanol–water partition coefficient (Wildman–Crippen LogP) is 3.70. The van der Waals surface area contributed by atoms with Gasteiger partial charge >= 0.3 is 0 Å². The van der Waals surface area contributed by atoms with Crippen LogP contribution in [0.2, 0.25) is 0 Å². The van der Waals surface area contributed by atoms with Gasteiger partial charge in [0.1, 0.15) is 43.6 Å². The number of aliphatic hydroxyl groups excluding tert-OH is 2. The zero-order valence-electron chi connectivity index (χ0n) is 15.6. The summed E-state index contributed by atoms with van der Waals surface area (Å²) in [7, 11) is 0. The molecule has 2 aromatic rings. The monoisotopic (exact) mass is 396 g/mol. The van der Waals surface area contributed by atoms with E-state index in [0.29, 0.717) is 11.5 Å². The summed E-state index contributed by atoms with van der Waals surface area (Å²) in [5.41, 5.74) is 1.95. The molecule has 2 unspecified atom stereocenters. The number of hydrogen-bond acceptors (Lipinski definition) is 4. The molecule has 6 heteroatoms. The van der Waals surface area contributed by atoms with E-state index in [4.69, 9.17) is 21.1 Å². The first kappa shape index (κ1) is 21.5. The van der Waals surface area contributed by atoms with Crippen LogP contribution in [0.4, 0.5) is 4.39 Å². The zero-order chi connectivity index (χ0) is 19.9. The maximum atomic E-state index is 12.3. The van der Waals surface area contributed by atoms with Crippen LogP contribution in [-0.2, 0) is 5.41 Å². The molecule has 2 atom stereocenters. The lowest BCUT2D eigenvalue weighted by molar-refractivity contribution is 0.0842. The molecule has 27 heavy (non-hydrogen) atoms. The normalized spacial score (nSPS) is 13.9. The molecule has 0 saturated heterocycles. The average molecular weight is 397 g/mol. The second kappa shape index (κ2) is 9.93. The van der Waals surface area contributed by atoms with Crippen LogP contribution >= 0.6 is 11.6 Å². The highest BCUT2D eigenvalue weighted by atomic mass is 35.5. The Balaban J connectivity index is 2.04. The molecule has 2 aromatic carbocycles. The van der Waals surface area contributed by atoms with E-state index in [1.165, 1.54) is 0 Å². The minimum Gasteiger partial charge on any atom is -0.491 e. The summed E-state index contributed by atoms with van der Waals surface area (Å²) < 4.78 is 23.1. The molecule has 0 fully saturated rings.